The molecule has 0 amide bonds. The van der Waals surface area contributed by atoms with Crippen LogP contribution in [0, 0.1) is 0 Å². The third kappa shape index (κ3) is 1.80. The van der Waals surface area contributed by atoms with Crippen molar-refractivity contribution in [2.45, 2.75) is 37.6 Å². The van der Waals surface area contributed by atoms with E-state index in [1.807, 2.05) is 11.3 Å². The molecule has 1 aromatic heterocycles. The number of hydrogen-bond donors (Lipinski definition) is 1. The Bertz CT molecular complexity index is 549. The van der Waals surface area contributed by atoms with Crippen LogP contribution in [0.2, 0.25) is 0 Å². The minimum Gasteiger partial charge on any atom is -0.324 e. The molecule has 0 bridgehead atoms. The van der Waals surface area contributed by atoms with E-state index in [4.69, 9.17) is 5.73 Å². The van der Waals surface area contributed by atoms with Crippen molar-refractivity contribution in [3.8, 4) is 10.4 Å². The van der Waals surface area contributed by atoms with Gasteiger partial charge < -0.3 is 5.73 Å². The molecule has 1 nitrogen and oxygen atoms in total. The molecule has 0 radical (unpaired) electrons. The second-order valence-electron chi connectivity index (χ2n) is 5.81. The predicted octanol–water partition coefficient (Wildman–Crippen LogP) is 4.18. The summed E-state index contributed by atoms with van der Waals surface area (Å²) in [5, 5.41) is 0. The van der Waals surface area contributed by atoms with E-state index in [9.17, 15) is 0 Å². The molecule has 0 saturated heterocycles. The summed E-state index contributed by atoms with van der Waals surface area (Å²) in [5.41, 5.74) is 7.82. The van der Waals surface area contributed by atoms with E-state index in [1.165, 1.54) is 15.3 Å². The summed E-state index contributed by atoms with van der Waals surface area (Å²) in [5.74, 6) is 0. The first-order valence-electron chi connectivity index (χ1n) is 6.48. The van der Waals surface area contributed by atoms with E-state index < -0.39 is 0 Å². The number of hydrogen-bond acceptors (Lipinski definition) is 2. The quantitative estimate of drug-likeness (QED) is 0.877. The van der Waals surface area contributed by atoms with Gasteiger partial charge in [-0.3, -0.25) is 0 Å². The fraction of sp³-hybridized carbons (Fsp3) is 0.375. The number of benzene rings is 1. The van der Waals surface area contributed by atoms with Gasteiger partial charge in [0.05, 0.1) is 0 Å². The van der Waals surface area contributed by atoms with Gasteiger partial charge in [0.1, 0.15) is 0 Å². The highest BCUT2D eigenvalue weighted by molar-refractivity contribution is 7.15. The molecule has 2 N–H and O–H groups in total. The molecule has 1 aliphatic rings. The lowest BCUT2D eigenvalue weighted by atomic mass is 9.81. The lowest BCUT2D eigenvalue weighted by molar-refractivity contribution is 0.398. The highest BCUT2D eigenvalue weighted by Crippen LogP contribution is 2.51. The summed E-state index contributed by atoms with van der Waals surface area (Å²) in [6.07, 6.45) is 2.30. The first-order chi connectivity index (χ1) is 8.53. The average Bonchev–Trinajstić information content (AvgIpc) is 2.96. The molecule has 0 aliphatic heterocycles. The molecule has 1 aromatic carbocycles. The Hall–Kier alpha value is -1.12. The van der Waals surface area contributed by atoms with Crippen LogP contribution in [0.5, 0.6) is 0 Å². The van der Waals surface area contributed by atoms with Gasteiger partial charge in [0, 0.05) is 20.7 Å². The van der Waals surface area contributed by atoms with Crippen LogP contribution in [-0.4, -0.2) is 5.54 Å². The van der Waals surface area contributed by atoms with Gasteiger partial charge in [-0.1, -0.05) is 44.2 Å². The summed E-state index contributed by atoms with van der Waals surface area (Å²) in [4.78, 5) is 2.74. The molecular weight excluding hydrogens is 238 g/mol. The lowest BCUT2D eigenvalue weighted by Gasteiger charge is -2.30. The van der Waals surface area contributed by atoms with Crippen LogP contribution >= 0.6 is 11.3 Å². The maximum atomic E-state index is 6.41. The van der Waals surface area contributed by atoms with Crippen molar-refractivity contribution in [2.75, 3.05) is 0 Å². The Balaban J connectivity index is 1.95. The molecule has 1 heterocycles. The maximum absolute atomic E-state index is 6.41. The molecule has 0 atom stereocenters. The van der Waals surface area contributed by atoms with E-state index >= 15 is 0 Å². The van der Waals surface area contributed by atoms with Crippen molar-refractivity contribution >= 4 is 11.3 Å². The summed E-state index contributed by atoms with van der Waals surface area (Å²) < 4.78 is 0. The molecule has 3 rings (SSSR count). The molecule has 18 heavy (non-hydrogen) atoms. The van der Waals surface area contributed by atoms with E-state index in [0.29, 0.717) is 0 Å². The van der Waals surface area contributed by atoms with Crippen LogP contribution in [0.4, 0.5) is 0 Å². The maximum Gasteiger partial charge on any atom is 0.0345 e. The van der Waals surface area contributed by atoms with Crippen molar-refractivity contribution in [1.29, 1.82) is 0 Å². The van der Waals surface area contributed by atoms with E-state index in [2.05, 4.69) is 56.3 Å². The van der Waals surface area contributed by atoms with Crippen LogP contribution in [-0.2, 0) is 5.41 Å². The Kier molecular flexibility index (Phi) is 2.61. The minimum atomic E-state index is 0.0197. The highest BCUT2D eigenvalue weighted by Gasteiger charge is 2.52. The molecule has 1 aliphatic carbocycles. The van der Waals surface area contributed by atoms with Crippen LogP contribution in [0.3, 0.4) is 0 Å². The summed E-state index contributed by atoms with van der Waals surface area (Å²) in [7, 11) is 0. The normalized spacial score (nSPS) is 17.7. The second kappa shape index (κ2) is 3.94. The van der Waals surface area contributed by atoms with Gasteiger partial charge >= 0.3 is 0 Å². The van der Waals surface area contributed by atoms with Gasteiger partial charge in [0.15, 0.2) is 0 Å². The standard InChI is InChI=1S/C16H19NS/c1-15(2,16(17)10-11-16)14-9-8-13(18-14)12-6-4-3-5-7-12/h3-9H,10-11,17H2,1-2H3. The van der Waals surface area contributed by atoms with Gasteiger partial charge in [-0.05, 0) is 30.5 Å². The van der Waals surface area contributed by atoms with Gasteiger partial charge in [0.2, 0.25) is 0 Å². The van der Waals surface area contributed by atoms with Crippen molar-refractivity contribution in [1.82, 2.24) is 0 Å². The Labute approximate surface area is 113 Å². The second-order valence-corrected chi connectivity index (χ2v) is 6.89. The Morgan fingerprint density at radius 2 is 1.72 bits per heavy atom. The molecule has 94 valence electrons. The SMILES string of the molecule is CC(C)(c1ccc(-c2ccccc2)s1)C1(N)CC1. The predicted molar refractivity (Wildman–Crippen MR) is 78.9 cm³/mol. The smallest absolute Gasteiger partial charge is 0.0345 e. The zero-order valence-corrected chi connectivity index (χ0v) is 11.8. The summed E-state index contributed by atoms with van der Waals surface area (Å²) >= 11 is 1.88. The monoisotopic (exact) mass is 257 g/mol. The highest BCUT2D eigenvalue weighted by atomic mass is 32.1. The largest absolute Gasteiger partial charge is 0.324 e. The molecule has 0 spiro atoms. The summed E-state index contributed by atoms with van der Waals surface area (Å²) in [6.45, 7) is 4.56. The number of nitrogens with two attached hydrogens (primary N) is 1. The first-order valence-corrected chi connectivity index (χ1v) is 7.29. The van der Waals surface area contributed by atoms with Crippen LogP contribution in [0.1, 0.15) is 31.6 Å². The molecule has 1 fully saturated rings. The van der Waals surface area contributed by atoms with Crippen LogP contribution in [0.15, 0.2) is 42.5 Å². The third-order valence-corrected chi connectivity index (χ3v) is 5.77. The number of thiophene rings is 1. The van der Waals surface area contributed by atoms with Crippen molar-refractivity contribution in [3.05, 3.63) is 47.3 Å². The molecule has 1 saturated carbocycles. The minimum absolute atomic E-state index is 0.0197. The molecule has 2 aromatic rings. The lowest BCUT2D eigenvalue weighted by Crippen LogP contribution is -2.42. The number of rotatable bonds is 3. The first kappa shape index (κ1) is 11.9. The van der Waals surface area contributed by atoms with Crippen LogP contribution < -0.4 is 5.73 Å². The molecule has 2 heteroatoms. The van der Waals surface area contributed by atoms with E-state index in [0.717, 1.165) is 12.8 Å². The Morgan fingerprint density at radius 3 is 2.33 bits per heavy atom. The fourth-order valence-electron chi connectivity index (χ4n) is 2.44. The third-order valence-electron chi connectivity index (χ3n) is 4.31. The topological polar surface area (TPSA) is 26.0 Å². The Morgan fingerprint density at radius 1 is 1.06 bits per heavy atom. The molecular formula is C16H19NS. The van der Waals surface area contributed by atoms with Crippen molar-refractivity contribution in [3.63, 3.8) is 0 Å². The van der Waals surface area contributed by atoms with Crippen LogP contribution in [0.25, 0.3) is 10.4 Å². The van der Waals surface area contributed by atoms with Gasteiger partial charge in [-0.25, -0.2) is 0 Å². The molecule has 0 unspecified atom stereocenters. The fourth-order valence-corrected chi connectivity index (χ4v) is 3.66. The average molecular weight is 257 g/mol. The van der Waals surface area contributed by atoms with Crippen molar-refractivity contribution in [2.24, 2.45) is 5.73 Å². The summed E-state index contributed by atoms with van der Waals surface area (Å²) in [6, 6.07) is 15.0. The van der Waals surface area contributed by atoms with E-state index in [1.54, 1.807) is 0 Å². The van der Waals surface area contributed by atoms with Crippen molar-refractivity contribution < 1.29 is 0 Å². The zero-order chi connectivity index (χ0) is 12.8. The zero-order valence-electron chi connectivity index (χ0n) is 10.9. The van der Waals surface area contributed by atoms with Gasteiger partial charge in [-0.15, -0.1) is 11.3 Å². The van der Waals surface area contributed by atoms with E-state index in [-0.39, 0.29) is 11.0 Å². The van der Waals surface area contributed by atoms with Gasteiger partial charge in [0.25, 0.3) is 0 Å². The van der Waals surface area contributed by atoms with Gasteiger partial charge in [-0.2, -0.15) is 0 Å².